The molecule has 45 heavy (non-hydrogen) atoms. The first-order valence-corrected chi connectivity index (χ1v) is 15.2. The zero-order chi connectivity index (χ0) is 30.9. The van der Waals surface area contributed by atoms with Gasteiger partial charge in [-0.1, -0.05) is 48.5 Å². The van der Waals surface area contributed by atoms with E-state index in [9.17, 15) is 14.0 Å². The number of benzene rings is 4. The van der Waals surface area contributed by atoms with Crippen LogP contribution in [0.2, 0.25) is 0 Å². The van der Waals surface area contributed by atoms with Crippen molar-refractivity contribution in [2.45, 2.75) is 25.0 Å². The molecule has 4 aromatic carbocycles. The monoisotopic (exact) mass is 607 g/mol. The van der Waals surface area contributed by atoms with Crippen LogP contribution in [0.15, 0.2) is 91.0 Å². The molecule has 0 aliphatic carbocycles. The third-order valence-corrected chi connectivity index (χ3v) is 8.96. The minimum Gasteiger partial charge on any atom is -0.497 e. The minimum atomic E-state index is -0.617. The molecule has 0 unspecified atom stereocenters. The van der Waals surface area contributed by atoms with Crippen molar-refractivity contribution in [2.24, 2.45) is 0 Å². The Balaban J connectivity index is 1.18. The fourth-order valence-electron chi connectivity index (χ4n) is 6.61. The number of methoxy groups -OCH3 is 1. The zero-order valence-electron chi connectivity index (χ0n) is 25.0. The summed E-state index contributed by atoms with van der Waals surface area (Å²) in [4.78, 5) is 34.8. The number of carbonyl (C=O) groups excluding carboxylic acids is 2. The van der Waals surface area contributed by atoms with Crippen molar-refractivity contribution >= 4 is 11.8 Å². The van der Waals surface area contributed by atoms with Crippen LogP contribution in [0.3, 0.4) is 0 Å². The average Bonchev–Trinajstić information content (AvgIpc) is 3.55. The summed E-state index contributed by atoms with van der Waals surface area (Å²) in [5.74, 6) is 1.09. The summed E-state index contributed by atoms with van der Waals surface area (Å²) in [7, 11) is 1.61. The SMILES string of the molecule is COc1ccc([C@H]2[C@@H](C(=O)N3CCN(Cc4ccc5c(c4)OCO5)CC3)c3ccccc3C(=O)N2Cc2ccc(F)cc2)cc1. The molecule has 1 fully saturated rings. The number of rotatable bonds is 7. The van der Waals surface area contributed by atoms with E-state index in [1.54, 1.807) is 30.2 Å². The molecule has 1 saturated heterocycles. The molecule has 0 N–H and O–H groups in total. The van der Waals surface area contributed by atoms with Crippen molar-refractivity contribution in [3.05, 3.63) is 125 Å². The molecule has 2 atom stereocenters. The number of piperazine rings is 1. The van der Waals surface area contributed by atoms with Crippen molar-refractivity contribution < 1.29 is 28.2 Å². The molecule has 8 nitrogen and oxygen atoms in total. The molecule has 7 rings (SSSR count). The van der Waals surface area contributed by atoms with Gasteiger partial charge in [0.2, 0.25) is 12.7 Å². The second kappa shape index (κ2) is 12.2. The maximum atomic E-state index is 14.6. The van der Waals surface area contributed by atoms with Gasteiger partial charge < -0.3 is 24.0 Å². The maximum Gasteiger partial charge on any atom is 0.255 e. The van der Waals surface area contributed by atoms with E-state index >= 15 is 0 Å². The standard InChI is InChI=1S/C36H34FN3O5/c1-43-28-13-9-26(10-14-28)34-33(29-4-2-3-5-30(29)35(41)40(34)22-24-6-11-27(37)12-7-24)36(42)39-18-16-38(17-19-39)21-25-8-15-31-32(20-25)45-23-44-31/h2-15,20,33-34H,16-19,21-23H2,1H3/t33-,34-/m0/s1. The molecule has 0 saturated carbocycles. The fraction of sp³-hybridized carbons (Fsp3) is 0.278. The summed E-state index contributed by atoms with van der Waals surface area (Å²) in [5, 5.41) is 0. The van der Waals surface area contributed by atoms with Gasteiger partial charge in [0.1, 0.15) is 11.6 Å². The van der Waals surface area contributed by atoms with Crippen LogP contribution in [-0.4, -0.2) is 66.6 Å². The summed E-state index contributed by atoms with van der Waals surface area (Å²) in [6.45, 7) is 3.82. The number of fused-ring (bicyclic) bond motifs is 2. The van der Waals surface area contributed by atoms with Crippen LogP contribution in [0.5, 0.6) is 17.2 Å². The Kier molecular flexibility index (Phi) is 7.85. The van der Waals surface area contributed by atoms with Crippen molar-refractivity contribution in [3.63, 3.8) is 0 Å². The number of ether oxygens (including phenoxy) is 3. The highest BCUT2D eigenvalue weighted by atomic mass is 19.1. The van der Waals surface area contributed by atoms with Gasteiger partial charge in [-0.2, -0.15) is 0 Å². The second-order valence-electron chi connectivity index (χ2n) is 11.6. The number of amides is 2. The topological polar surface area (TPSA) is 71.5 Å². The molecule has 0 bridgehead atoms. The number of nitrogens with zero attached hydrogens (tertiary/aromatic N) is 3. The van der Waals surface area contributed by atoms with E-state index in [4.69, 9.17) is 14.2 Å². The molecule has 3 aliphatic heterocycles. The van der Waals surface area contributed by atoms with Crippen molar-refractivity contribution in [3.8, 4) is 17.2 Å². The van der Waals surface area contributed by atoms with Gasteiger partial charge in [0.25, 0.3) is 5.91 Å². The first-order chi connectivity index (χ1) is 22.0. The van der Waals surface area contributed by atoms with Crippen LogP contribution in [0.1, 0.15) is 44.6 Å². The van der Waals surface area contributed by atoms with Gasteiger partial charge in [0.15, 0.2) is 11.5 Å². The first-order valence-electron chi connectivity index (χ1n) is 15.2. The largest absolute Gasteiger partial charge is 0.497 e. The maximum absolute atomic E-state index is 14.6. The van der Waals surface area contributed by atoms with Crippen LogP contribution < -0.4 is 14.2 Å². The van der Waals surface area contributed by atoms with E-state index in [-0.39, 0.29) is 31.0 Å². The fourth-order valence-corrected chi connectivity index (χ4v) is 6.61. The molecule has 3 aliphatic rings. The van der Waals surface area contributed by atoms with Gasteiger partial charge in [-0.15, -0.1) is 0 Å². The molecule has 0 spiro atoms. The van der Waals surface area contributed by atoms with Gasteiger partial charge in [-0.05, 0) is 64.7 Å². The lowest BCUT2D eigenvalue weighted by Gasteiger charge is -2.44. The van der Waals surface area contributed by atoms with Crippen molar-refractivity contribution in [1.82, 2.24) is 14.7 Å². The predicted octanol–water partition coefficient (Wildman–Crippen LogP) is 5.39. The normalized spacial score (nSPS) is 19.4. The van der Waals surface area contributed by atoms with Crippen LogP contribution in [0.25, 0.3) is 0 Å². The number of halogens is 1. The molecule has 2 amide bonds. The molecular formula is C36H34FN3O5. The highest BCUT2D eigenvalue weighted by Gasteiger charge is 2.45. The lowest BCUT2D eigenvalue weighted by molar-refractivity contribution is -0.136. The summed E-state index contributed by atoms with van der Waals surface area (Å²) in [5.41, 5.74) is 4.00. The Morgan fingerprint density at radius 1 is 0.844 bits per heavy atom. The molecule has 0 aromatic heterocycles. The zero-order valence-corrected chi connectivity index (χ0v) is 25.0. The Bertz CT molecular complexity index is 1700. The molecule has 4 aromatic rings. The van der Waals surface area contributed by atoms with E-state index in [1.165, 1.54) is 12.1 Å². The Labute approximate surface area is 261 Å². The van der Waals surface area contributed by atoms with Crippen LogP contribution in [-0.2, 0) is 17.9 Å². The van der Waals surface area contributed by atoms with Gasteiger partial charge in [-0.3, -0.25) is 14.5 Å². The third kappa shape index (κ3) is 5.71. The van der Waals surface area contributed by atoms with Gasteiger partial charge >= 0.3 is 0 Å². The third-order valence-electron chi connectivity index (χ3n) is 8.96. The number of hydrogen-bond acceptors (Lipinski definition) is 6. The van der Waals surface area contributed by atoms with Crippen molar-refractivity contribution in [2.75, 3.05) is 40.1 Å². The molecule has 0 radical (unpaired) electrons. The van der Waals surface area contributed by atoms with Crippen LogP contribution in [0, 0.1) is 5.82 Å². The van der Waals surface area contributed by atoms with Crippen LogP contribution in [0.4, 0.5) is 4.39 Å². The highest BCUT2D eigenvalue weighted by Crippen LogP contribution is 2.45. The second-order valence-corrected chi connectivity index (χ2v) is 11.6. The van der Waals surface area contributed by atoms with E-state index in [0.717, 1.165) is 53.4 Å². The van der Waals surface area contributed by atoms with Gasteiger partial charge in [0.05, 0.1) is 19.1 Å². The number of carbonyl (C=O) groups is 2. The van der Waals surface area contributed by atoms with E-state index in [2.05, 4.69) is 11.0 Å². The summed E-state index contributed by atoms with van der Waals surface area (Å²) in [6, 6.07) is 26.6. The molecular weight excluding hydrogens is 573 g/mol. The van der Waals surface area contributed by atoms with Crippen molar-refractivity contribution in [1.29, 1.82) is 0 Å². The quantitative estimate of drug-likeness (QED) is 0.281. The lowest BCUT2D eigenvalue weighted by atomic mass is 9.78. The smallest absolute Gasteiger partial charge is 0.255 e. The Hall–Kier alpha value is -4.89. The first kappa shape index (κ1) is 28.9. The van der Waals surface area contributed by atoms with E-state index < -0.39 is 12.0 Å². The minimum absolute atomic E-state index is 0.0115. The summed E-state index contributed by atoms with van der Waals surface area (Å²) < 4.78 is 30.2. The summed E-state index contributed by atoms with van der Waals surface area (Å²) in [6.07, 6.45) is 0. The molecule has 3 heterocycles. The Morgan fingerprint density at radius 3 is 2.31 bits per heavy atom. The van der Waals surface area contributed by atoms with Gasteiger partial charge in [-0.25, -0.2) is 4.39 Å². The average molecular weight is 608 g/mol. The summed E-state index contributed by atoms with van der Waals surface area (Å²) >= 11 is 0. The van der Waals surface area contributed by atoms with E-state index in [0.29, 0.717) is 24.4 Å². The van der Waals surface area contributed by atoms with E-state index in [1.807, 2.05) is 59.5 Å². The highest BCUT2D eigenvalue weighted by molar-refractivity contribution is 6.01. The van der Waals surface area contributed by atoms with Gasteiger partial charge in [0, 0.05) is 44.8 Å². The molecule has 230 valence electrons. The predicted molar refractivity (Wildman–Crippen MR) is 166 cm³/mol. The number of hydrogen-bond donors (Lipinski definition) is 0. The Morgan fingerprint density at radius 2 is 1.56 bits per heavy atom. The molecule has 9 heteroatoms. The lowest BCUT2D eigenvalue weighted by Crippen LogP contribution is -2.53. The van der Waals surface area contributed by atoms with Crippen LogP contribution >= 0.6 is 0 Å².